The predicted molar refractivity (Wildman–Crippen MR) is 107 cm³/mol. The summed E-state index contributed by atoms with van der Waals surface area (Å²) in [5, 5.41) is 0. The van der Waals surface area contributed by atoms with Crippen LogP contribution >= 0.6 is 0 Å². The van der Waals surface area contributed by atoms with Gasteiger partial charge in [0.05, 0.1) is 11.8 Å². The van der Waals surface area contributed by atoms with Gasteiger partial charge >= 0.3 is 17.9 Å². The Labute approximate surface area is 172 Å². The van der Waals surface area contributed by atoms with E-state index < -0.39 is 24.1 Å². The first-order valence-corrected chi connectivity index (χ1v) is 10.9. The minimum atomic E-state index is -0.564. The predicted octanol–water partition coefficient (Wildman–Crippen LogP) is 3.88. The molecule has 0 radical (unpaired) electrons. The fraction of sp³-hybridized carbons (Fsp3) is 0.696. The van der Waals surface area contributed by atoms with Crippen molar-refractivity contribution in [2.75, 3.05) is 0 Å². The van der Waals surface area contributed by atoms with Crippen LogP contribution < -0.4 is 0 Å². The lowest BCUT2D eigenvalue weighted by atomic mass is 9.81. The van der Waals surface area contributed by atoms with E-state index in [4.69, 9.17) is 14.2 Å². The van der Waals surface area contributed by atoms with E-state index in [9.17, 15) is 14.4 Å². The zero-order valence-corrected chi connectivity index (χ0v) is 17.6. The third-order valence-corrected chi connectivity index (χ3v) is 6.32. The normalized spacial score (nSPS) is 32.7. The van der Waals surface area contributed by atoms with Crippen molar-refractivity contribution in [1.82, 2.24) is 0 Å². The zero-order chi connectivity index (χ0) is 21.1. The minimum absolute atomic E-state index is 0.138. The maximum Gasteiger partial charge on any atom is 0.334 e. The molecule has 6 nitrogen and oxygen atoms in total. The van der Waals surface area contributed by atoms with E-state index >= 15 is 0 Å². The molecular weight excluding hydrogens is 372 g/mol. The molecule has 4 unspecified atom stereocenters. The summed E-state index contributed by atoms with van der Waals surface area (Å²) >= 11 is 0. The molecule has 1 aliphatic carbocycles. The van der Waals surface area contributed by atoms with E-state index in [-0.39, 0.29) is 36.3 Å². The third kappa shape index (κ3) is 4.73. The monoisotopic (exact) mass is 404 g/mol. The molecule has 0 N–H and O–H groups in total. The topological polar surface area (TPSA) is 78.9 Å². The van der Waals surface area contributed by atoms with Crippen molar-refractivity contribution >= 4 is 17.9 Å². The van der Waals surface area contributed by atoms with Crippen LogP contribution in [0, 0.1) is 17.8 Å². The van der Waals surface area contributed by atoms with E-state index in [1.165, 1.54) is 0 Å². The molecule has 6 heteroatoms. The van der Waals surface area contributed by atoms with Gasteiger partial charge < -0.3 is 14.2 Å². The van der Waals surface area contributed by atoms with E-state index in [1.807, 2.05) is 19.9 Å². The van der Waals surface area contributed by atoms with Crippen LogP contribution in [0.25, 0.3) is 0 Å². The number of hydrogen-bond acceptors (Lipinski definition) is 6. The van der Waals surface area contributed by atoms with Crippen LogP contribution in [0.4, 0.5) is 0 Å². The Hall–Kier alpha value is -2.11. The number of carbonyl (C=O) groups is 3. The van der Waals surface area contributed by atoms with Gasteiger partial charge in [0.25, 0.3) is 0 Å². The first-order chi connectivity index (χ1) is 13.8. The molecule has 0 aromatic heterocycles. The molecule has 6 atom stereocenters. The van der Waals surface area contributed by atoms with Crippen molar-refractivity contribution < 1.29 is 28.6 Å². The van der Waals surface area contributed by atoms with Gasteiger partial charge in [-0.05, 0) is 37.7 Å². The number of unbranched alkanes of at least 4 members (excludes halogenated alkanes) is 1. The van der Waals surface area contributed by atoms with Crippen LogP contribution in [0.3, 0.4) is 0 Å². The van der Waals surface area contributed by atoms with Crippen molar-refractivity contribution in [2.24, 2.45) is 17.8 Å². The second-order valence-electron chi connectivity index (χ2n) is 8.63. The molecule has 3 aliphatic rings. The molecule has 1 saturated heterocycles. The van der Waals surface area contributed by atoms with Crippen LogP contribution in [0.15, 0.2) is 23.8 Å². The Bertz CT molecular complexity index is 708. The summed E-state index contributed by atoms with van der Waals surface area (Å²) in [5.41, 5.74) is 0.853. The Morgan fingerprint density at radius 2 is 2.00 bits per heavy atom. The number of hydrogen-bond donors (Lipinski definition) is 0. The fourth-order valence-electron chi connectivity index (χ4n) is 4.65. The second-order valence-corrected chi connectivity index (χ2v) is 8.63. The molecule has 160 valence electrons. The quantitative estimate of drug-likeness (QED) is 0.380. The molecule has 3 rings (SSSR count). The highest BCUT2D eigenvalue weighted by Gasteiger charge is 2.48. The van der Waals surface area contributed by atoms with E-state index in [2.05, 4.69) is 13.5 Å². The number of ether oxygens (including phenoxy) is 3. The van der Waals surface area contributed by atoms with Crippen molar-refractivity contribution in [1.29, 1.82) is 0 Å². The number of esters is 3. The van der Waals surface area contributed by atoms with Crippen molar-refractivity contribution in [3.63, 3.8) is 0 Å². The summed E-state index contributed by atoms with van der Waals surface area (Å²) in [5.74, 6) is -1.49. The van der Waals surface area contributed by atoms with Gasteiger partial charge in [-0.2, -0.15) is 0 Å². The highest BCUT2D eigenvalue weighted by Crippen LogP contribution is 2.40. The molecule has 0 aromatic carbocycles. The summed E-state index contributed by atoms with van der Waals surface area (Å²) in [4.78, 5) is 37.4. The SMILES string of the molecule is C=C1C(=O)O[C@H]2CC3=CC(CC(C)C[C@@H](OC(=O)C(CC)CCCC)C12)OC3=O. The molecular formula is C23H32O6. The maximum absolute atomic E-state index is 12.9. The first-order valence-electron chi connectivity index (χ1n) is 10.9. The lowest BCUT2D eigenvalue weighted by molar-refractivity contribution is -0.159. The van der Waals surface area contributed by atoms with Crippen molar-refractivity contribution in [3.8, 4) is 0 Å². The Balaban J connectivity index is 1.85. The molecule has 0 amide bonds. The first kappa shape index (κ1) is 21.6. The largest absolute Gasteiger partial charge is 0.461 e. The van der Waals surface area contributed by atoms with E-state index in [1.54, 1.807) is 0 Å². The lowest BCUT2D eigenvalue weighted by Gasteiger charge is -2.31. The van der Waals surface area contributed by atoms with Gasteiger partial charge in [0.1, 0.15) is 18.3 Å². The van der Waals surface area contributed by atoms with Gasteiger partial charge in [-0.1, -0.05) is 40.2 Å². The van der Waals surface area contributed by atoms with Gasteiger partial charge in [0.15, 0.2) is 0 Å². The van der Waals surface area contributed by atoms with Crippen LogP contribution in [0.5, 0.6) is 0 Å². The summed E-state index contributed by atoms with van der Waals surface area (Å²) < 4.78 is 17.0. The zero-order valence-electron chi connectivity index (χ0n) is 17.6. The molecule has 0 spiro atoms. The van der Waals surface area contributed by atoms with Crippen LogP contribution in [-0.4, -0.2) is 36.2 Å². The van der Waals surface area contributed by atoms with Gasteiger partial charge in [-0.3, -0.25) is 4.79 Å². The average molecular weight is 405 g/mol. The van der Waals surface area contributed by atoms with Crippen molar-refractivity contribution in [2.45, 2.75) is 84.0 Å². The maximum atomic E-state index is 12.9. The third-order valence-electron chi connectivity index (χ3n) is 6.32. The van der Waals surface area contributed by atoms with Crippen LogP contribution in [-0.2, 0) is 28.6 Å². The van der Waals surface area contributed by atoms with Crippen molar-refractivity contribution in [3.05, 3.63) is 23.8 Å². The minimum Gasteiger partial charge on any atom is -0.461 e. The average Bonchev–Trinajstić information content (AvgIpc) is 3.13. The highest BCUT2D eigenvalue weighted by molar-refractivity contribution is 5.93. The molecule has 0 aromatic rings. The molecule has 2 bridgehead atoms. The Kier molecular flexibility index (Phi) is 6.81. The standard InChI is InChI=1S/C23H32O6/c1-5-7-8-15(6-2)22(25)29-18-10-13(3)9-17-11-16(23(26)27-17)12-19-20(18)14(4)21(24)28-19/h11,13,15,17-20H,4-10,12H2,1-3H3/t13?,15?,17?,18-,19+,20?/m1/s1. The number of carbonyl (C=O) groups excluding carboxylic acids is 3. The Morgan fingerprint density at radius 3 is 2.69 bits per heavy atom. The van der Waals surface area contributed by atoms with Crippen LogP contribution in [0.1, 0.15) is 65.7 Å². The molecule has 29 heavy (non-hydrogen) atoms. The summed E-state index contributed by atoms with van der Waals surface area (Å²) in [6.07, 6.45) is 5.54. The number of rotatable bonds is 6. The molecule has 1 fully saturated rings. The van der Waals surface area contributed by atoms with Gasteiger partial charge in [0.2, 0.25) is 0 Å². The molecule has 2 aliphatic heterocycles. The smallest absolute Gasteiger partial charge is 0.334 e. The summed E-state index contributed by atoms with van der Waals surface area (Å²) in [7, 11) is 0. The van der Waals surface area contributed by atoms with E-state index in [0.29, 0.717) is 24.0 Å². The van der Waals surface area contributed by atoms with E-state index in [0.717, 1.165) is 25.7 Å². The van der Waals surface area contributed by atoms with Gasteiger partial charge in [0, 0.05) is 17.6 Å². The van der Waals surface area contributed by atoms with Gasteiger partial charge in [-0.25, -0.2) is 9.59 Å². The Morgan fingerprint density at radius 1 is 1.24 bits per heavy atom. The molecule has 2 heterocycles. The summed E-state index contributed by atoms with van der Waals surface area (Å²) in [6.45, 7) is 10.1. The van der Waals surface area contributed by atoms with Gasteiger partial charge in [-0.15, -0.1) is 0 Å². The summed E-state index contributed by atoms with van der Waals surface area (Å²) in [6, 6.07) is 0. The molecule has 0 saturated carbocycles. The second kappa shape index (κ2) is 9.14. The number of fused-ring (bicyclic) bond motifs is 2. The highest BCUT2D eigenvalue weighted by atomic mass is 16.6. The van der Waals surface area contributed by atoms with Crippen LogP contribution in [0.2, 0.25) is 0 Å². The fourth-order valence-corrected chi connectivity index (χ4v) is 4.65. The lowest BCUT2D eigenvalue weighted by Crippen LogP contribution is -2.37.